The van der Waals surface area contributed by atoms with E-state index in [2.05, 4.69) is 17.0 Å². The van der Waals surface area contributed by atoms with Crippen LogP contribution in [0.4, 0.5) is 0 Å². The minimum atomic E-state index is -0.122. The molecule has 0 aliphatic carbocycles. The first-order valence-electron chi connectivity index (χ1n) is 10.5. The van der Waals surface area contributed by atoms with Crippen molar-refractivity contribution in [3.8, 4) is 11.6 Å². The summed E-state index contributed by atoms with van der Waals surface area (Å²) in [5.41, 5.74) is 0.917. The zero-order chi connectivity index (χ0) is 20.2. The van der Waals surface area contributed by atoms with Crippen LogP contribution in [0.2, 0.25) is 0 Å². The fraction of sp³-hybridized carbons (Fsp3) is 0.522. The average molecular weight is 384 g/mol. The molecular weight excluding hydrogens is 350 g/mol. The van der Waals surface area contributed by atoms with Gasteiger partial charge in [0.05, 0.1) is 23.8 Å². The molecule has 2 rings (SSSR count). The summed E-state index contributed by atoms with van der Waals surface area (Å²) in [5, 5.41) is 5.01. The van der Waals surface area contributed by atoms with Crippen LogP contribution in [0.3, 0.4) is 0 Å². The Hall–Kier alpha value is -2.43. The molecule has 0 saturated carbocycles. The molecule has 152 valence electrons. The van der Waals surface area contributed by atoms with Crippen LogP contribution in [0.5, 0.6) is 5.88 Å². The second-order valence-corrected chi connectivity index (χ2v) is 7.17. The molecule has 5 nitrogen and oxygen atoms in total. The largest absolute Gasteiger partial charge is 0.478 e. The average Bonchev–Trinajstić information content (AvgIpc) is 2.73. The monoisotopic (exact) mass is 383 g/mol. The standard InChI is InChI=1S/C23H33N3O2/c1-4-6-7-8-9-13-16-28-22-17-20(25-23(27)19(3)5-2)18-24-26(22)21-14-11-10-12-15-21/h10-12,14-15,17-19H,4-9,13,16H2,1-3H3/b25-20+. The van der Waals surface area contributed by atoms with Crippen LogP contribution < -0.4 is 10.1 Å². The number of nitrogens with zero attached hydrogens (tertiary/aromatic N) is 3. The van der Waals surface area contributed by atoms with E-state index in [1.165, 1.54) is 25.7 Å². The number of rotatable bonds is 11. The smallest absolute Gasteiger partial charge is 0.249 e. The van der Waals surface area contributed by atoms with Gasteiger partial charge in [-0.2, -0.15) is 5.10 Å². The van der Waals surface area contributed by atoms with Gasteiger partial charge in [-0.05, 0) is 25.0 Å². The second kappa shape index (κ2) is 12.1. The molecule has 1 aromatic carbocycles. The van der Waals surface area contributed by atoms with Gasteiger partial charge in [-0.3, -0.25) is 4.79 Å². The summed E-state index contributed by atoms with van der Waals surface area (Å²) in [4.78, 5) is 16.4. The van der Waals surface area contributed by atoms with Crippen LogP contribution in [0, 0.1) is 5.92 Å². The molecule has 5 heteroatoms. The minimum Gasteiger partial charge on any atom is -0.478 e. The third-order valence-electron chi connectivity index (χ3n) is 4.81. The summed E-state index contributed by atoms with van der Waals surface area (Å²) in [6.45, 7) is 6.73. The lowest BCUT2D eigenvalue weighted by atomic mass is 10.1. The van der Waals surface area contributed by atoms with E-state index in [9.17, 15) is 4.79 Å². The third-order valence-corrected chi connectivity index (χ3v) is 4.81. The van der Waals surface area contributed by atoms with E-state index in [4.69, 9.17) is 4.74 Å². The van der Waals surface area contributed by atoms with E-state index in [0.29, 0.717) is 17.8 Å². The van der Waals surface area contributed by atoms with Gasteiger partial charge in [0, 0.05) is 12.0 Å². The Kier molecular flexibility index (Phi) is 9.46. The SMILES string of the molecule is CCCCCCCCOc1c/c(=N\C(=O)C(C)CC)cnn1-c1ccccc1. The zero-order valence-electron chi connectivity index (χ0n) is 17.4. The van der Waals surface area contributed by atoms with Crippen LogP contribution in [0.25, 0.3) is 5.69 Å². The van der Waals surface area contributed by atoms with Crippen LogP contribution in [0.15, 0.2) is 47.6 Å². The van der Waals surface area contributed by atoms with Crippen molar-refractivity contribution in [2.75, 3.05) is 6.61 Å². The van der Waals surface area contributed by atoms with Gasteiger partial charge in [-0.25, -0.2) is 9.67 Å². The lowest BCUT2D eigenvalue weighted by molar-refractivity contribution is -0.121. The number of carbonyl (C=O) groups excluding carboxylic acids is 1. The predicted molar refractivity (Wildman–Crippen MR) is 112 cm³/mol. The molecule has 1 aromatic heterocycles. The van der Waals surface area contributed by atoms with Gasteiger partial charge in [0.1, 0.15) is 0 Å². The maximum atomic E-state index is 12.2. The Balaban J connectivity index is 2.14. The topological polar surface area (TPSA) is 56.5 Å². The van der Waals surface area contributed by atoms with Crippen molar-refractivity contribution in [2.45, 2.75) is 65.7 Å². The van der Waals surface area contributed by atoms with Crippen LogP contribution in [0.1, 0.15) is 65.7 Å². The molecule has 0 radical (unpaired) electrons. The summed E-state index contributed by atoms with van der Waals surface area (Å²) >= 11 is 0. The number of hydrogen-bond donors (Lipinski definition) is 0. The van der Waals surface area contributed by atoms with Gasteiger partial charge in [0.15, 0.2) is 0 Å². The van der Waals surface area contributed by atoms with E-state index in [1.807, 2.05) is 44.2 Å². The number of unbranched alkanes of at least 4 members (excludes halogenated alkanes) is 5. The molecule has 0 fully saturated rings. The quantitative estimate of drug-likeness (QED) is 0.508. The zero-order valence-corrected chi connectivity index (χ0v) is 17.4. The number of ether oxygens (including phenoxy) is 1. The molecule has 0 aliphatic heterocycles. The molecule has 1 heterocycles. The first-order chi connectivity index (χ1) is 13.7. The second-order valence-electron chi connectivity index (χ2n) is 7.17. The van der Waals surface area contributed by atoms with E-state index < -0.39 is 0 Å². The van der Waals surface area contributed by atoms with Crippen molar-refractivity contribution >= 4 is 5.91 Å². The predicted octanol–water partition coefficient (Wildman–Crippen LogP) is 5.09. The highest BCUT2D eigenvalue weighted by molar-refractivity contribution is 5.79. The Morgan fingerprint density at radius 1 is 1.11 bits per heavy atom. The maximum absolute atomic E-state index is 12.2. The third kappa shape index (κ3) is 6.95. The molecule has 0 saturated heterocycles. The molecule has 1 atom stereocenters. The number of benzene rings is 1. The highest BCUT2D eigenvalue weighted by atomic mass is 16.5. The van der Waals surface area contributed by atoms with Crippen molar-refractivity contribution in [1.29, 1.82) is 0 Å². The summed E-state index contributed by atoms with van der Waals surface area (Å²) in [6, 6.07) is 11.7. The van der Waals surface area contributed by atoms with E-state index in [1.54, 1.807) is 16.9 Å². The first-order valence-corrected chi connectivity index (χ1v) is 10.5. The maximum Gasteiger partial charge on any atom is 0.249 e. The number of hydrogen-bond acceptors (Lipinski definition) is 3. The molecule has 0 N–H and O–H groups in total. The highest BCUT2D eigenvalue weighted by Crippen LogP contribution is 2.15. The van der Waals surface area contributed by atoms with Crippen LogP contribution in [-0.2, 0) is 4.79 Å². The Labute approximate surface area is 168 Å². The highest BCUT2D eigenvalue weighted by Gasteiger charge is 2.10. The molecule has 0 spiro atoms. The lowest BCUT2D eigenvalue weighted by Crippen LogP contribution is -2.17. The first kappa shape index (κ1) is 21.9. The minimum absolute atomic E-state index is 0.0889. The molecule has 1 unspecified atom stereocenters. The van der Waals surface area contributed by atoms with Crippen LogP contribution >= 0.6 is 0 Å². The van der Waals surface area contributed by atoms with Gasteiger partial charge in [0.2, 0.25) is 11.8 Å². The van der Waals surface area contributed by atoms with Crippen molar-refractivity contribution in [1.82, 2.24) is 9.78 Å². The number of aromatic nitrogens is 2. The Morgan fingerprint density at radius 2 is 1.82 bits per heavy atom. The Bertz CT molecular complexity index is 784. The molecule has 0 bridgehead atoms. The van der Waals surface area contributed by atoms with Crippen LogP contribution in [-0.4, -0.2) is 22.3 Å². The van der Waals surface area contributed by atoms with E-state index in [-0.39, 0.29) is 11.8 Å². The summed E-state index contributed by atoms with van der Waals surface area (Å²) < 4.78 is 7.79. The van der Waals surface area contributed by atoms with Crippen molar-refractivity contribution < 1.29 is 9.53 Å². The van der Waals surface area contributed by atoms with Gasteiger partial charge in [0.25, 0.3) is 0 Å². The molecule has 2 aromatic rings. The summed E-state index contributed by atoms with van der Waals surface area (Å²) in [5.74, 6) is 0.399. The number of amides is 1. The summed E-state index contributed by atoms with van der Waals surface area (Å²) in [7, 11) is 0. The van der Waals surface area contributed by atoms with Gasteiger partial charge < -0.3 is 4.74 Å². The van der Waals surface area contributed by atoms with E-state index >= 15 is 0 Å². The fourth-order valence-electron chi connectivity index (χ4n) is 2.80. The molecular formula is C23H33N3O2. The van der Waals surface area contributed by atoms with Crippen molar-refractivity contribution in [2.24, 2.45) is 10.9 Å². The van der Waals surface area contributed by atoms with Crippen molar-refractivity contribution in [3.05, 3.63) is 48.0 Å². The molecule has 1 amide bonds. The number of para-hydroxylation sites is 1. The molecule has 0 aliphatic rings. The fourth-order valence-corrected chi connectivity index (χ4v) is 2.80. The van der Waals surface area contributed by atoms with Gasteiger partial charge in [-0.1, -0.05) is 71.1 Å². The van der Waals surface area contributed by atoms with Gasteiger partial charge in [-0.15, -0.1) is 0 Å². The summed E-state index contributed by atoms with van der Waals surface area (Å²) in [6.07, 6.45) is 9.64. The lowest BCUT2D eigenvalue weighted by Gasteiger charge is -2.13. The van der Waals surface area contributed by atoms with E-state index in [0.717, 1.165) is 24.9 Å². The Morgan fingerprint density at radius 3 is 2.54 bits per heavy atom. The number of carbonyl (C=O) groups is 1. The molecule has 28 heavy (non-hydrogen) atoms. The van der Waals surface area contributed by atoms with Gasteiger partial charge >= 0.3 is 0 Å². The normalized spacial score (nSPS) is 12.8. The van der Waals surface area contributed by atoms with Crippen molar-refractivity contribution in [3.63, 3.8) is 0 Å².